The van der Waals surface area contributed by atoms with Crippen LogP contribution in [0, 0.1) is 0 Å². The van der Waals surface area contributed by atoms with Crippen LogP contribution in [0.3, 0.4) is 0 Å². The topological polar surface area (TPSA) is 60.3 Å². The fraction of sp³-hybridized carbons (Fsp3) is 0.435. The van der Waals surface area contributed by atoms with E-state index in [0.717, 1.165) is 24.3 Å². The van der Waals surface area contributed by atoms with Gasteiger partial charge in [-0.3, -0.25) is 19.2 Å². The molecule has 0 N–H and O–H groups in total. The molecule has 6 nitrogen and oxygen atoms in total. The van der Waals surface area contributed by atoms with E-state index in [4.69, 9.17) is 4.74 Å². The van der Waals surface area contributed by atoms with Gasteiger partial charge in [0.2, 0.25) is 0 Å². The monoisotopic (exact) mass is 390 g/mol. The molecule has 0 spiro atoms. The van der Waals surface area contributed by atoms with Crippen LogP contribution in [0.25, 0.3) is 10.9 Å². The van der Waals surface area contributed by atoms with Gasteiger partial charge >= 0.3 is 0 Å². The minimum absolute atomic E-state index is 0.0678. The molecule has 150 valence electrons. The molecule has 1 aliphatic heterocycles. The van der Waals surface area contributed by atoms with Crippen molar-refractivity contribution in [1.82, 2.24) is 19.4 Å². The van der Waals surface area contributed by atoms with Crippen molar-refractivity contribution in [1.29, 1.82) is 0 Å². The van der Waals surface area contributed by atoms with Crippen molar-refractivity contribution in [3.8, 4) is 5.75 Å². The van der Waals surface area contributed by atoms with Gasteiger partial charge in [-0.1, -0.05) is 18.6 Å². The minimum Gasteiger partial charge on any atom is -0.475 e. The average Bonchev–Trinajstić information content (AvgIpc) is 2.72. The molecule has 1 aromatic carbocycles. The van der Waals surface area contributed by atoms with Crippen LogP contribution >= 0.6 is 0 Å². The maximum Gasteiger partial charge on any atom is 0.263 e. The van der Waals surface area contributed by atoms with E-state index in [1.165, 1.54) is 32.1 Å². The maximum atomic E-state index is 12.6. The molecule has 1 unspecified atom stereocenters. The Morgan fingerprint density at radius 3 is 2.69 bits per heavy atom. The first kappa shape index (κ1) is 18.3. The summed E-state index contributed by atoms with van der Waals surface area (Å²) in [7, 11) is 0. The molecule has 0 radical (unpaired) electrons. The molecule has 2 aliphatic rings. The van der Waals surface area contributed by atoms with Crippen molar-refractivity contribution < 1.29 is 4.74 Å². The highest BCUT2D eigenvalue weighted by Gasteiger charge is 2.33. The third-order valence-electron chi connectivity index (χ3n) is 6.20. The van der Waals surface area contributed by atoms with Gasteiger partial charge in [0.15, 0.2) is 6.23 Å². The van der Waals surface area contributed by atoms with Crippen molar-refractivity contribution in [2.45, 2.75) is 57.3 Å². The Labute approximate surface area is 170 Å². The van der Waals surface area contributed by atoms with Gasteiger partial charge in [0, 0.05) is 25.0 Å². The highest BCUT2D eigenvalue weighted by atomic mass is 16.5. The molecular formula is C23H26N4O2. The van der Waals surface area contributed by atoms with Crippen LogP contribution in [0.5, 0.6) is 5.75 Å². The summed E-state index contributed by atoms with van der Waals surface area (Å²) in [6.45, 7) is 1.63. The van der Waals surface area contributed by atoms with E-state index in [1.807, 2.05) is 24.3 Å². The molecule has 0 amide bonds. The summed E-state index contributed by atoms with van der Waals surface area (Å²) in [6, 6.07) is 10.6. The van der Waals surface area contributed by atoms with Gasteiger partial charge in [-0.15, -0.1) is 0 Å². The fourth-order valence-corrected chi connectivity index (χ4v) is 4.33. The smallest absolute Gasteiger partial charge is 0.263 e. The number of hydrogen-bond donors (Lipinski definition) is 0. The minimum atomic E-state index is -0.0678. The molecule has 3 aromatic rings. The third-order valence-corrected chi connectivity index (χ3v) is 6.20. The molecule has 1 atom stereocenters. The van der Waals surface area contributed by atoms with Crippen LogP contribution in [-0.2, 0) is 6.54 Å². The predicted molar refractivity (Wildman–Crippen MR) is 112 cm³/mol. The van der Waals surface area contributed by atoms with Crippen molar-refractivity contribution in [2.75, 3.05) is 6.54 Å². The Morgan fingerprint density at radius 2 is 1.90 bits per heavy atom. The highest BCUT2D eigenvalue weighted by molar-refractivity contribution is 5.75. The van der Waals surface area contributed by atoms with E-state index in [2.05, 4.69) is 14.9 Å². The normalized spacial score (nSPS) is 20.5. The summed E-state index contributed by atoms with van der Waals surface area (Å²) in [5.74, 6) is 0.901. The van der Waals surface area contributed by atoms with Crippen molar-refractivity contribution in [2.24, 2.45) is 0 Å². The predicted octanol–water partition coefficient (Wildman–Crippen LogP) is 3.58. The molecule has 2 fully saturated rings. The average molecular weight is 390 g/mol. The number of rotatable bonds is 5. The number of fused-ring (bicyclic) bond motifs is 1. The maximum absolute atomic E-state index is 12.6. The lowest BCUT2D eigenvalue weighted by molar-refractivity contribution is -0.0523. The molecular weight excluding hydrogens is 364 g/mol. The van der Waals surface area contributed by atoms with Crippen molar-refractivity contribution >= 4 is 10.9 Å². The van der Waals surface area contributed by atoms with Crippen LogP contribution in [0.15, 0.2) is 53.8 Å². The lowest BCUT2D eigenvalue weighted by Crippen LogP contribution is -2.51. The molecule has 6 heteroatoms. The van der Waals surface area contributed by atoms with E-state index >= 15 is 0 Å². The van der Waals surface area contributed by atoms with Crippen molar-refractivity contribution in [3.63, 3.8) is 0 Å². The second kappa shape index (κ2) is 7.95. The summed E-state index contributed by atoms with van der Waals surface area (Å²) >= 11 is 0. The van der Waals surface area contributed by atoms with Gasteiger partial charge in [-0.05, 0) is 55.9 Å². The van der Waals surface area contributed by atoms with E-state index < -0.39 is 0 Å². The molecule has 1 saturated carbocycles. The number of ether oxygens (including phenoxy) is 1. The Morgan fingerprint density at radius 1 is 1.03 bits per heavy atom. The third kappa shape index (κ3) is 3.77. The number of benzene rings is 1. The van der Waals surface area contributed by atoms with E-state index in [9.17, 15) is 4.79 Å². The molecule has 3 heterocycles. The fourth-order valence-electron chi connectivity index (χ4n) is 4.33. The molecule has 29 heavy (non-hydrogen) atoms. The van der Waals surface area contributed by atoms with Gasteiger partial charge in [0.1, 0.15) is 5.75 Å². The first-order valence-corrected chi connectivity index (χ1v) is 10.6. The Hall–Kier alpha value is -2.73. The highest BCUT2D eigenvalue weighted by Crippen LogP contribution is 2.31. The summed E-state index contributed by atoms with van der Waals surface area (Å²) in [5.41, 5.74) is 1.65. The number of pyridine rings is 1. The lowest BCUT2D eigenvalue weighted by atomic mass is 9.89. The number of aromatic nitrogens is 3. The first-order chi connectivity index (χ1) is 14.3. The second-order valence-corrected chi connectivity index (χ2v) is 8.11. The van der Waals surface area contributed by atoms with Crippen LogP contribution in [0.2, 0.25) is 0 Å². The van der Waals surface area contributed by atoms with Crippen LogP contribution in [-0.4, -0.2) is 38.2 Å². The lowest BCUT2D eigenvalue weighted by Gasteiger charge is -2.44. The van der Waals surface area contributed by atoms with Crippen LogP contribution in [0.1, 0.15) is 44.1 Å². The van der Waals surface area contributed by atoms with Gasteiger partial charge in [-0.2, -0.15) is 0 Å². The summed E-state index contributed by atoms with van der Waals surface area (Å²) < 4.78 is 7.97. The molecule has 0 bridgehead atoms. The SMILES string of the molecule is O=c1c2cnccc2ncn1Cc1ccc(OC2CCCCN2C2CCC2)cc1. The van der Waals surface area contributed by atoms with E-state index in [0.29, 0.717) is 23.5 Å². The molecule has 2 aromatic heterocycles. The summed E-state index contributed by atoms with van der Waals surface area (Å²) in [5, 5.41) is 0.545. The number of likely N-dealkylation sites (tertiary alicyclic amines) is 1. The second-order valence-electron chi connectivity index (χ2n) is 8.11. The Kier molecular flexibility index (Phi) is 5.02. The zero-order chi connectivity index (χ0) is 19.6. The van der Waals surface area contributed by atoms with Crippen LogP contribution < -0.4 is 10.3 Å². The van der Waals surface area contributed by atoms with Gasteiger partial charge in [0.25, 0.3) is 5.56 Å². The summed E-state index contributed by atoms with van der Waals surface area (Å²) in [6.07, 6.45) is 12.6. The molecule has 5 rings (SSSR count). The van der Waals surface area contributed by atoms with Gasteiger partial charge in [0.05, 0.1) is 23.8 Å². The quantitative estimate of drug-likeness (QED) is 0.666. The molecule has 1 aliphatic carbocycles. The Bertz CT molecular complexity index is 1040. The number of hydrogen-bond acceptors (Lipinski definition) is 5. The van der Waals surface area contributed by atoms with Gasteiger partial charge < -0.3 is 4.74 Å². The number of nitrogens with zero attached hydrogens (tertiary/aromatic N) is 4. The zero-order valence-corrected chi connectivity index (χ0v) is 16.5. The molecule has 1 saturated heterocycles. The van der Waals surface area contributed by atoms with E-state index in [1.54, 1.807) is 29.4 Å². The van der Waals surface area contributed by atoms with Gasteiger partial charge in [-0.25, -0.2) is 4.98 Å². The number of piperidine rings is 1. The zero-order valence-electron chi connectivity index (χ0n) is 16.5. The summed E-state index contributed by atoms with van der Waals surface area (Å²) in [4.78, 5) is 23.6. The first-order valence-electron chi connectivity index (χ1n) is 10.6. The van der Waals surface area contributed by atoms with Crippen LogP contribution in [0.4, 0.5) is 0 Å². The largest absolute Gasteiger partial charge is 0.475 e. The van der Waals surface area contributed by atoms with Crippen molar-refractivity contribution in [3.05, 3.63) is 65.0 Å². The Balaban J connectivity index is 1.29. The standard InChI is InChI=1S/C23H26N4O2/c28-23-20-14-24-12-11-21(20)25-16-26(23)15-17-7-9-19(10-8-17)29-22-6-1-2-13-27(22)18-4-3-5-18/h7-12,14,16,18,22H,1-6,13,15H2. The van der Waals surface area contributed by atoms with E-state index in [-0.39, 0.29) is 11.8 Å².